The van der Waals surface area contributed by atoms with Crippen LogP contribution in [-0.4, -0.2) is 47.4 Å². The fourth-order valence-electron chi connectivity index (χ4n) is 8.45. The standard InChI is InChI=1S/C56H107NO5/c1-3-5-7-9-11-13-15-17-18-19-20-23-26-30-34-38-42-46-50-56(61)62-51-47-43-39-35-31-27-24-21-22-25-29-33-37-41-45-49-55(60)57-53(52-58)54(59)48-44-40-36-32-28-16-14-12-10-8-6-4-2/h24,27,44,48,53-54,58-59H,3-23,25-26,28-43,45-47,49-52H2,1-2H3,(H,57,60)/b27-24-,48-44+. The van der Waals surface area contributed by atoms with Crippen LogP contribution in [0.3, 0.4) is 0 Å². The summed E-state index contributed by atoms with van der Waals surface area (Å²) in [4.78, 5) is 24.5. The molecule has 0 aliphatic heterocycles. The van der Waals surface area contributed by atoms with Crippen LogP contribution in [0.5, 0.6) is 0 Å². The van der Waals surface area contributed by atoms with E-state index in [2.05, 4.69) is 31.3 Å². The second-order valence-electron chi connectivity index (χ2n) is 18.9. The number of aliphatic hydroxyl groups is 2. The van der Waals surface area contributed by atoms with Crippen molar-refractivity contribution in [3.63, 3.8) is 0 Å². The number of rotatable bonds is 51. The summed E-state index contributed by atoms with van der Waals surface area (Å²) < 4.78 is 5.47. The Balaban J connectivity index is 3.46. The SMILES string of the molecule is CCCCCCCCCCCC/C=C/C(O)C(CO)NC(=O)CCCCCCCCC/C=C\CCCCCCOC(=O)CCCCCCCCCCCCCCCCCCCC. The van der Waals surface area contributed by atoms with Crippen LogP contribution >= 0.6 is 0 Å². The van der Waals surface area contributed by atoms with Gasteiger partial charge in [-0.3, -0.25) is 9.59 Å². The normalized spacial score (nSPS) is 12.8. The molecule has 0 rings (SSSR count). The third-order valence-corrected chi connectivity index (χ3v) is 12.7. The van der Waals surface area contributed by atoms with E-state index in [1.54, 1.807) is 6.08 Å². The molecule has 0 radical (unpaired) electrons. The fraction of sp³-hybridized carbons (Fsp3) is 0.893. The van der Waals surface area contributed by atoms with Crippen LogP contribution in [-0.2, 0) is 14.3 Å². The third kappa shape index (κ3) is 47.8. The number of nitrogens with one attached hydrogen (secondary N) is 1. The molecule has 0 saturated carbocycles. The first-order valence-corrected chi connectivity index (χ1v) is 27.6. The van der Waals surface area contributed by atoms with E-state index >= 15 is 0 Å². The summed E-state index contributed by atoms with van der Waals surface area (Å²) in [5.74, 6) is -0.0906. The zero-order valence-corrected chi connectivity index (χ0v) is 41.6. The predicted molar refractivity (Wildman–Crippen MR) is 269 cm³/mol. The minimum Gasteiger partial charge on any atom is -0.466 e. The van der Waals surface area contributed by atoms with Gasteiger partial charge in [-0.05, 0) is 57.8 Å². The summed E-state index contributed by atoms with van der Waals surface area (Å²) in [5, 5.41) is 23.0. The van der Waals surface area contributed by atoms with Gasteiger partial charge < -0.3 is 20.3 Å². The molecule has 0 spiro atoms. The molecule has 6 heteroatoms. The number of carbonyl (C=O) groups is 2. The van der Waals surface area contributed by atoms with Crippen LogP contribution < -0.4 is 5.32 Å². The van der Waals surface area contributed by atoms with E-state index in [1.807, 2.05) is 6.08 Å². The maximum absolute atomic E-state index is 12.4. The molecule has 1 amide bonds. The minimum absolute atomic E-state index is 0.00707. The van der Waals surface area contributed by atoms with Gasteiger partial charge in [0.2, 0.25) is 5.91 Å². The van der Waals surface area contributed by atoms with Gasteiger partial charge in [0, 0.05) is 12.8 Å². The van der Waals surface area contributed by atoms with Gasteiger partial charge >= 0.3 is 5.97 Å². The van der Waals surface area contributed by atoms with Gasteiger partial charge in [0.05, 0.1) is 25.4 Å². The summed E-state index contributed by atoms with van der Waals surface area (Å²) in [5.41, 5.74) is 0. The van der Waals surface area contributed by atoms with Gasteiger partial charge in [0.15, 0.2) is 0 Å². The first kappa shape index (κ1) is 60.3. The monoisotopic (exact) mass is 874 g/mol. The minimum atomic E-state index is -0.853. The van der Waals surface area contributed by atoms with Gasteiger partial charge in [-0.2, -0.15) is 0 Å². The number of esters is 1. The predicted octanol–water partition coefficient (Wildman–Crippen LogP) is 16.7. The Labute approximate surface area is 386 Å². The average Bonchev–Trinajstić information content (AvgIpc) is 3.27. The average molecular weight is 874 g/mol. The first-order valence-electron chi connectivity index (χ1n) is 27.6. The zero-order chi connectivity index (χ0) is 45.1. The van der Waals surface area contributed by atoms with Crippen LogP contribution in [0, 0.1) is 0 Å². The van der Waals surface area contributed by atoms with Crippen molar-refractivity contribution in [3.8, 4) is 0 Å². The van der Waals surface area contributed by atoms with Crippen molar-refractivity contribution in [1.29, 1.82) is 0 Å². The highest BCUT2D eigenvalue weighted by Crippen LogP contribution is 2.16. The van der Waals surface area contributed by atoms with Crippen molar-refractivity contribution in [2.24, 2.45) is 0 Å². The fourth-order valence-corrected chi connectivity index (χ4v) is 8.45. The van der Waals surface area contributed by atoms with Crippen molar-refractivity contribution in [2.75, 3.05) is 13.2 Å². The molecule has 0 bridgehead atoms. The lowest BCUT2D eigenvalue weighted by Gasteiger charge is -2.20. The molecular weight excluding hydrogens is 767 g/mol. The summed E-state index contributed by atoms with van der Waals surface area (Å²) in [6.45, 7) is 4.87. The van der Waals surface area contributed by atoms with E-state index in [9.17, 15) is 19.8 Å². The highest BCUT2D eigenvalue weighted by atomic mass is 16.5. The molecule has 62 heavy (non-hydrogen) atoms. The molecule has 3 N–H and O–H groups in total. The number of ether oxygens (including phenoxy) is 1. The van der Waals surface area contributed by atoms with Gasteiger partial charge in [0.25, 0.3) is 0 Å². The van der Waals surface area contributed by atoms with Gasteiger partial charge in [-0.25, -0.2) is 0 Å². The number of hydrogen-bond donors (Lipinski definition) is 3. The smallest absolute Gasteiger partial charge is 0.305 e. The van der Waals surface area contributed by atoms with Crippen LogP contribution in [0.25, 0.3) is 0 Å². The lowest BCUT2D eigenvalue weighted by atomic mass is 10.0. The van der Waals surface area contributed by atoms with Crippen LogP contribution in [0.2, 0.25) is 0 Å². The van der Waals surface area contributed by atoms with E-state index in [-0.39, 0.29) is 18.5 Å². The lowest BCUT2D eigenvalue weighted by molar-refractivity contribution is -0.143. The largest absolute Gasteiger partial charge is 0.466 e. The van der Waals surface area contributed by atoms with Gasteiger partial charge in [-0.15, -0.1) is 0 Å². The molecule has 0 aliphatic rings. The van der Waals surface area contributed by atoms with Gasteiger partial charge in [-0.1, -0.05) is 250 Å². The van der Waals surface area contributed by atoms with E-state index < -0.39 is 12.1 Å². The van der Waals surface area contributed by atoms with E-state index in [0.717, 1.165) is 70.6 Å². The maximum Gasteiger partial charge on any atom is 0.305 e. The zero-order valence-electron chi connectivity index (χ0n) is 41.6. The number of carbonyl (C=O) groups excluding carboxylic acids is 2. The summed E-state index contributed by atoms with van der Waals surface area (Å²) >= 11 is 0. The molecule has 0 aromatic carbocycles. The van der Waals surface area contributed by atoms with E-state index in [0.29, 0.717) is 19.4 Å². The lowest BCUT2D eigenvalue weighted by Crippen LogP contribution is -2.45. The molecule has 0 saturated heterocycles. The summed E-state index contributed by atoms with van der Waals surface area (Å²) in [7, 11) is 0. The van der Waals surface area contributed by atoms with Crippen LogP contribution in [0.15, 0.2) is 24.3 Å². The van der Waals surface area contributed by atoms with Crippen molar-refractivity contribution < 1.29 is 24.5 Å². The van der Waals surface area contributed by atoms with Crippen molar-refractivity contribution in [1.82, 2.24) is 5.32 Å². The number of unbranched alkanes of at least 4 members (excludes halogenated alkanes) is 38. The Hall–Kier alpha value is -1.66. The molecular formula is C56H107NO5. The molecule has 0 aromatic heterocycles. The number of amides is 1. The Kier molecular flexibility index (Phi) is 50.6. The Bertz CT molecular complexity index is 966. The molecule has 6 nitrogen and oxygen atoms in total. The molecule has 0 aromatic rings. The Morgan fingerprint density at radius 2 is 0.758 bits per heavy atom. The van der Waals surface area contributed by atoms with Gasteiger partial charge in [0.1, 0.15) is 0 Å². The topological polar surface area (TPSA) is 95.9 Å². The molecule has 0 fully saturated rings. The summed E-state index contributed by atoms with van der Waals surface area (Å²) in [6.07, 6.45) is 61.9. The third-order valence-electron chi connectivity index (χ3n) is 12.7. The maximum atomic E-state index is 12.4. The number of hydrogen-bond acceptors (Lipinski definition) is 5. The highest BCUT2D eigenvalue weighted by Gasteiger charge is 2.18. The molecule has 0 aliphatic carbocycles. The molecule has 366 valence electrons. The highest BCUT2D eigenvalue weighted by molar-refractivity contribution is 5.76. The Morgan fingerprint density at radius 3 is 1.15 bits per heavy atom. The molecule has 2 atom stereocenters. The van der Waals surface area contributed by atoms with Crippen molar-refractivity contribution in [2.45, 2.75) is 309 Å². The van der Waals surface area contributed by atoms with E-state index in [1.165, 1.54) is 199 Å². The van der Waals surface area contributed by atoms with Crippen LogP contribution in [0.4, 0.5) is 0 Å². The van der Waals surface area contributed by atoms with Crippen LogP contribution in [0.1, 0.15) is 296 Å². The van der Waals surface area contributed by atoms with E-state index in [4.69, 9.17) is 4.74 Å². The number of allylic oxidation sites excluding steroid dienone is 3. The van der Waals surface area contributed by atoms with Crippen molar-refractivity contribution >= 4 is 11.9 Å². The first-order chi connectivity index (χ1) is 30.5. The van der Waals surface area contributed by atoms with Crippen molar-refractivity contribution in [3.05, 3.63) is 24.3 Å². The second-order valence-corrected chi connectivity index (χ2v) is 18.9. The molecule has 0 heterocycles. The Morgan fingerprint density at radius 1 is 0.435 bits per heavy atom. The molecule has 2 unspecified atom stereocenters. The number of aliphatic hydroxyl groups excluding tert-OH is 2. The summed E-state index contributed by atoms with van der Waals surface area (Å²) in [6, 6.07) is -0.637. The second kappa shape index (κ2) is 52.0. The quantitative estimate of drug-likeness (QED) is 0.0321.